The van der Waals surface area contributed by atoms with Crippen molar-refractivity contribution in [3.8, 4) is 0 Å². The summed E-state index contributed by atoms with van der Waals surface area (Å²) in [5.74, 6) is 0.186. The maximum atomic E-state index is 12.3. The fourth-order valence-corrected chi connectivity index (χ4v) is 2.77. The number of amides is 1. The van der Waals surface area contributed by atoms with Gasteiger partial charge in [-0.05, 0) is 44.4 Å². The highest BCUT2D eigenvalue weighted by Gasteiger charge is 2.18. The maximum absolute atomic E-state index is 12.3. The van der Waals surface area contributed by atoms with E-state index >= 15 is 0 Å². The second kappa shape index (κ2) is 6.04. The van der Waals surface area contributed by atoms with E-state index in [0.717, 1.165) is 30.0 Å². The van der Waals surface area contributed by atoms with Crippen LogP contribution in [0.5, 0.6) is 0 Å². The number of nitrogens with one attached hydrogen (secondary N) is 1. The van der Waals surface area contributed by atoms with Gasteiger partial charge < -0.3 is 14.6 Å². The number of aryl methyl sites for hydroxylation is 1. The Kier molecular flexibility index (Phi) is 3.95. The third-order valence-corrected chi connectivity index (χ3v) is 3.92. The lowest BCUT2D eigenvalue weighted by Gasteiger charge is -2.30. The first kappa shape index (κ1) is 13.7. The molecular weight excluding hydrogens is 264 g/mol. The van der Waals surface area contributed by atoms with Gasteiger partial charge in [-0.1, -0.05) is 12.1 Å². The molecule has 4 heteroatoms. The number of furan rings is 1. The minimum atomic E-state index is -0.193. The molecule has 1 aliphatic rings. The molecule has 1 aromatic heterocycles. The zero-order valence-electron chi connectivity index (χ0n) is 12.3. The van der Waals surface area contributed by atoms with Crippen molar-refractivity contribution in [1.82, 2.24) is 0 Å². The van der Waals surface area contributed by atoms with Gasteiger partial charge in [-0.3, -0.25) is 4.79 Å². The second-order valence-electron chi connectivity index (χ2n) is 5.45. The second-order valence-corrected chi connectivity index (χ2v) is 5.45. The molecule has 2 aromatic rings. The fourth-order valence-electron chi connectivity index (χ4n) is 2.77. The summed E-state index contributed by atoms with van der Waals surface area (Å²) in [7, 11) is 0. The number of piperidine rings is 1. The first-order valence-corrected chi connectivity index (χ1v) is 7.45. The Labute approximate surface area is 124 Å². The Morgan fingerprint density at radius 1 is 1.14 bits per heavy atom. The first-order valence-electron chi connectivity index (χ1n) is 7.45. The zero-order chi connectivity index (χ0) is 14.7. The molecule has 110 valence electrons. The fraction of sp³-hybridized carbons (Fsp3) is 0.353. The van der Waals surface area contributed by atoms with Gasteiger partial charge >= 0.3 is 0 Å². The van der Waals surface area contributed by atoms with E-state index in [4.69, 9.17) is 4.42 Å². The number of carbonyl (C=O) groups is 1. The topological polar surface area (TPSA) is 45.5 Å². The number of hydrogen-bond donors (Lipinski definition) is 1. The molecule has 0 aliphatic carbocycles. The maximum Gasteiger partial charge on any atom is 0.291 e. The highest BCUT2D eigenvalue weighted by atomic mass is 16.3. The van der Waals surface area contributed by atoms with Gasteiger partial charge in [-0.2, -0.15) is 0 Å². The molecule has 21 heavy (non-hydrogen) atoms. The lowest BCUT2D eigenvalue weighted by atomic mass is 10.1. The Balaban J connectivity index is 1.82. The van der Waals surface area contributed by atoms with Crippen LogP contribution in [0.1, 0.15) is 35.4 Å². The quantitative estimate of drug-likeness (QED) is 0.931. The number of nitrogens with zero attached hydrogens (tertiary/aromatic N) is 1. The van der Waals surface area contributed by atoms with Gasteiger partial charge in [0.1, 0.15) is 0 Å². The molecular formula is C17H20N2O2. The average Bonchev–Trinajstić information content (AvgIpc) is 2.95. The van der Waals surface area contributed by atoms with Crippen molar-refractivity contribution in [3.63, 3.8) is 0 Å². The lowest BCUT2D eigenvalue weighted by molar-refractivity contribution is 0.0996. The van der Waals surface area contributed by atoms with Crippen molar-refractivity contribution in [3.05, 3.63) is 47.9 Å². The van der Waals surface area contributed by atoms with Crippen LogP contribution in [0.15, 0.2) is 41.0 Å². The van der Waals surface area contributed by atoms with Crippen molar-refractivity contribution >= 4 is 17.3 Å². The summed E-state index contributed by atoms with van der Waals surface area (Å²) < 4.78 is 5.26. The molecule has 1 fully saturated rings. The molecule has 4 nitrogen and oxygen atoms in total. The molecule has 0 radical (unpaired) electrons. The van der Waals surface area contributed by atoms with E-state index in [2.05, 4.69) is 16.3 Å². The van der Waals surface area contributed by atoms with Gasteiger partial charge in [-0.25, -0.2) is 0 Å². The van der Waals surface area contributed by atoms with Crippen LogP contribution < -0.4 is 10.2 Å². The van der Waals surface area contributed by atoms with E-state index in [9.17, 15) is 4.79 Å². The predicted molar refractivity (Wildman–Crippen MR) is 83.9 cm³/mol. The average molecular weight is 284 g/mol. The number of rotatable bonds is 3. The van der Waals surface area contributed by atoms with Crippen LogP contribution in [-0.4, -0.2) is 19.0 Å². The summed E-state index contributed by atoms with van der Waals surface area (Å²) in [6.45, 7) is 3.97. The van der Waals surface area contributed by atoms with E-state index in [1.54, 1.807) is 12.3 Å². The predicted octanol–water partition coefficient (Wildman–Crippen LogP) is 3.83. The SMILES string of the molecule is Cc1ccoc1C(=O)Nc1ccccc1N1CCCCC1. The minimum absolute atomic E-state index is 0.193. The van der Waals surface area contributed by atoms with Crippen molar-refractivity contribution < 1.29 is 9.21 Å². The molecule has 1 amide bonds. The van der Waals surface area contributed by atoms with E-state index in [1.165, 1.54) is 19.3 Å². The molecule has 1 aromatic carbocycles. The largest absolute Gasteiger partial charge is 0.459 e. The number of hydrogen-bond acceptors (Lipinski definition) is 3. The van der Waals surface area contributed by atoms with Crippen LogP contribution in [-0.2, 0) is 0 Å². The highest BCUT2D eigenvalue weighted by molar-refractivity contribution is 6.05. The summed E-state index contributed by atoms with van der Waals surface area (Å²) >= 11 is 0. The van der Waals surface area contributed by atoms with Crippen LogP contribution in [0, 0.1) is 6.92 Å². The number of carbonyl (C=O) groups excluding carboxylic acids is 1. The van der Waals surface area contributed by atoms with Gasteiger partial charge in [0, 0.05) is 18.7 Å². The van der Waals surface area contributed by atoms with Crippen LogP contribution in [0.25, 0.3) is 0 Å². The molecule has 0 spiro atoms. The van der Waals surface area contributed by atoms with Gasteiger partial charge in [0.15, 0.2) is 5.76 Å². The highest BCUT2D eigenvalue weighted by Crippen LogP contribution is 2.28. The molecule has 1 N–H and O–H groups in total. The Morgan fingerprint density at radius 3 is 2.62 bits per heavy atom. The van der Waals surface area contributed by atoms with E-state index in [0.29, 0.717) is 5.76 Å². The van der Waals surface area contributed by atoms with Crippen LogP contribution >= 0.6 is 0 Å². The summed E-state index contributed by atoms with van der Waals surface area (Å²) in [4.78, 5) is 14.6. The first-order chi connectivity index (χ1) is 10.3. The molecule has 3 rings (SSSR count). The van der Waals surface area contributed by atoms with Crippen molar-refractivity contribution in [2.45, 2.75) is 26.2 Å². The van der Waals surface area contributed by atoms with Gasteiger partial charge in [0.05, 0.1) is 17.6 Å². The third kappa shape index (κ3) is 2.94. The van der Waals surface area contributed by atoms with Crippen LogP contribution in [0.3, 0.4) is 0 Å². The summed E-state index contributed by atoms with van der Waals surface area (Å²) in [6.07, 6.45) is 5.25. The Hall–Kier alpha value is -2.23. The van der Waals surface area contributed by atoms with Crippen molar-refractivity contribution in [1.29, 1.82) is 0 Å². The molecule has 0 saturated carbocycles. The van der Waals surface area contributed by atoms with Crippen molar-refractivity contribution in [2.24, 2.45) is 0 Å². The van der Waals surface area contributed by atoms with Crippen LogP contribution in [0.4, 0.5) is 11.4 Å². The Morgan fingerprint density at radius 2 is 1.90 bits per heavy atom. The molecule has 1 saturated heterocycles. The lowest BCUT2D eigenvalue weighted by Crippen LogP contribution is -2.30. The monoisotopic (exact) mass is 284 g/mol. The van der Waals surface area contributed by atoms with Gasteiger partial charge in [-0.15, -0.1) is 0 Å². The van der Waals surface area contributed by atoms with Crippen molar-refractivity contribution in [2.75, 3.05) is 23.3 Å². The van der Waals surface area contributed by atoms with Crippen LogP contribution in [0.2, 0.25) is 0 Å². The summed E-state index contributed by atoms with van der Waals surface area (Å²) in [5, 5.41) is 2.98. The standard InChI is InChI=1S/C17H20N2O2/c1-13-9-12-21-16(13)17(20)18-14-7-3-4-8-15(14)19-10-5-2-6-11-19/h3-4,7-9,12H,2,5-6,10-11H2,1H3,(H,18,20). The normalized spacial score (nSPS) is 15.0. The smallest absolute Gasteiger partial charge is 0.291 e. The van der Waals surface area contributed by atoms with E-state index in [1.807, 2.05) is 25.1 Å². The van der Waals surface area contributed by atoms with E-state index in [-0.39, 0.29) is 5.91 Å². The molecule has 0 bridgehead atoms. The molecule has 2 heterocycles. The number of para-hydroxylation sites is 2. The summed E-state index contributed by atoms with van der Waals surface area (Å²) in [5.41, 5.74) is 2.79. The molecule has 1 aliphatic heterocycles. The zero-order valence-corrected chi connectivity index (χ0v) is 12.3. The third-order valence-electron chi connectivity index (χ3n) is 3.92. The number of benzene rings is 1. The van der Waals surface area contributed by atoms with E-state index < -0.39 is 0 Å². The van der Waals surface area contributed by atoms with Gasteiger partial charge in [0.25, 0.3) is 5.91 Å². The minimum Gasteiger partial charge on any atom is -0.459 e. The summed E-state index contributed by atoms with van der Waals surface area (Å²) in [6, 6.07) is 9.76. The molecule has 0 unspecified atom stereocenters. The Bertz CT molecular complexity index is 627. The van der Waals surface area contributed by atoms with Gasteiger partial charge in [0.2, 0.25) is 0 Å². The molecule has 0 atom stereocenters. The number of anilines is 2.